The first-order valence-electron chi connectivity index (χ1n) is 6.53. The van der Waals surface area contributed by atoms with Gasteiger partial charge in [-0.25, -0.2) is 0 Å². The average Bonchev–Trinajstić information content (AvgIpc) is 2.40. The molecule has 18 heavy (non-hydrogen) atoms. The summed E-state index contributed by atoms with van der Waals surface area (Å²) in [5.41, 5.74) is 2.84. The van der Waals surface area contributed by atoms with E-state index in [0.29, 0.717) is 0 Å². The van der Waals surface area contributed by atoms with Crippen LogP contribution in [0.2, 0.25) is 0 Å². The van der Waals surface area contributed by atoms with Crippen LogP contribution in [-0.4, -0.2) is 0 Å². The van der Waals surface area contributed by atoms with E-state index >= 15 is 0 Å². The van der Waals surface area contributed by atoms with Crippen LogP contribution in [-0.2, 0) is 5.41 Å². The molecule has 0 nitrogen and oxygen atoms in total. The fourth-order valence-electron chi connectivity index (χ4n) is 2.69. The molecule has 0 N–H and O–H groups in total. The Kier molecular flexibility index (Phi) is 3.86. The topological polar surface area (TPSA) is 0 Å². The smallest absolute Gasteiger partial charge is 0.0180 e. The lowest BCUT2D eigenvalue weighted by molar-refractivity contribution is 0.532. The van der Waals surface area contributed by atoms with Gasteiger partial charge in [0, 0.05) is 5.41 Å². The van der Waals surface area contributed by atoms with Gasteiger partial charge in [-0.3, -0.25) is 0 Å². The maximum absolute atomic E-state index is 2.34. The minimum Gasteiger partial charge on any atom is -0.0622 e. The second kappa shape index (κ2) is 5.39. The molecule has 0 aliphatic carbocycles. The van der Waals surface area contributed by atoms with Crippen molar-refractivity contribution in [2.24, 2.45) is 0 Å². The molecule has 0 atom stereocenters. The molecule has 0 fully saturated rings. The Bertz CT molecular complexity index is 428. The van der Waals surface area contributed by atoms with E-state index in [4.69, 9.17) is 0 Å². The molecule has 0 heterocycles. The molecule has 0 heteroatoms. The van der Waals surface area contributed by atoms with Gasteiger partial charge < -0.3 is 0 Å². The van der Waals surface area contributed by atoms with Gasteiger partial charge in [-0.15, -0.1) is 0 Å². The SMILES string of the molecule is C[C](C)CC(C)(c1ccccc1)c1ccccc1. The fourth-order valence-corrected chi connectivity index (χ4v) is 2.69. The molecule has 0 bridgehead atoms. The first kappa shape index (κ1) is 12.9. The van der Waals surface area contributed by atoms with Gasteiger partial charge in [-0.05, 0) is 23.5 Å². The lowest BCUT2D eigenvalue weighted by Crippen LogP contribution is -2.25. The maximum atomic E-state index is 2.34. The molecule has 0 saturated carbocycles. The summed E-state index contributed by atoms with van der Waals surface area (Å²) >= 11 is 0. The van der Waals surface area contributed by atoms with Crippen LogP contribution in [0.15, 0.2) is 60.7 Å². The summed E-state index contributed by atoms with van der Waals surface area (Å²) in [5.74, 6) is 1.46. The zero-order valence-electron chi connectivity index (χ0n) is 11.5. The van der Waals surface area contributed by atoms with Crippen LogP contribution in [0.3, 0.4) is 0 Å². The van der Waals surface area contributed by atoms with E-state index in [2.05, 4.69) is 81.4 Å². The van der Waals surface area contributed by atoms with Crippen molar-refractivity contribution >= 4 is 0 Å². The van der Waals surface area contributed by atoms with Gasteiger partial charge in [-0.2, -0.15) is 0 Å². The summed E-state index contributed by atoms with van der Waals surface area (Å²) in [5, 5.41) is 0. The molecule has 0 aliphatic rings. The molecule has 0 aromatic heterocycles. The van der Waals surface area contributed by atoms with Crippen molar-refractivity contribution < 1.29 is 0 Å². The Balaban J connectivity index is 2.48. The highest BCUT2D eigenvalue weighted by Crippen LogP contribution is 2.38. The molecule has 0 spiro atoms. The summed E-state index contributed by atoms with van der Waals surface area (Å²) < 4.78 is 0. The van der Waals surface area contributed by atoms with Crippen molar-refractivity contribution in [3.8, 4) is 0 Å². The minimum atomic E-state index is 0.0708. The van der Waals surface area contributed by atoms with Crippen molar-refractivity contribution in [2.45, 2.75) is 32.6 Å². The molecule has 2 aromatic carbocycles. The molecule has 1 radical (unpaired) electrons. The first-order valence-corrected chi connectivity index (χ1v) is 6.53. The standard InChI is InChI=1S/C18H21/c1-15(2)14-18(3,16-10-6-4-7-11-16)17-12-8-5-9-13-17/h4-13H,14H2,1-3H3. The molecule has 0 amide bonds. The highest BCUT2D eigenvalue weighted by atomic mass is 14.3. The lowest BCUT2D eigenvalue weighted by Gasteiger charge is -2.32. The zero-order valence-corrected chi connectivity index (χ0v) is 11.5. The second-order valence-corrected chi connectivity index (χ2v) is 5.45. The molecule has 0 aliphatic heterocycles. The van der Waals surface area contributed by atoms with Crippen LogP contribution in [0.4, 0.5) is 0 Å². The van der Waals surface area contributed by atoms with E-state index in [1.807, 2.05) is 0 Å². The Hall–Kier alpha value is -1.56. The zero-order chi connectivity index (χ0) is 13.0. The molecule has 0 unspecified atom stereocenters. The number of hydrogen-bond acceptors (Lipinski definition) is 0. The molecule has 0 saturated heterocycles. The largest absolute Gasteiger partial charge is 0.0622 e. The summed E-state index contributed by atoms with van der Waals surface area (Å²) in [6.07, 6.45) is 1.08. The number of benzene rings is 2. The lowest BCUT2D eigenvalue weighted by atomic mass is 9.71. The van der Waals surface area contributed by atoms with Crippen molar-refractivity contribution in [1.82, 2.24) is 0 Å². The molecular formula is C18H21. The first-order chi connectivity index (χ1) is 8.63. The van der Waals surface area contributed by atoms with Crippen LogP contribution in [0.1, 0.15) is 38.3 Å². The van der Waals surface area contributed by atoms with Gasteiger partial charge in [0.2, 0.25) is 0 Å². The van der Waals surface area contributed by atoms with Gasteiger partial charge in [0.25, 0.3) is 0 Å². The Labute approximate surface area is 111 Å². The van der Waals surface area contributed by atoms with Crippen LogP contribution in [0.25, 0.3) is 0 Å². The van der Waals surface area contributed by atoms with Gasteiger partial charge in [0.05, 0.1) is 0 Å². The predicted molar refractivity (Wildman–Crippen MR) is 78.5 cm³/mol. The second-order valence-electron chi connectivity index (χ2n) is 5.45. The summed E-state index contributed by atoms with van der Waals surface area (Å²) in [6.45, 7) is 6.76. The van der Waals surface area contributed by atoms with Crippen molar-refractivity contribution in [1.29, 1.82) is 0 Å². The molecule has 2 rings (SSSR count). The number of rotatable bonds is 4. The molecular weight excluding hydrogens is 216 g/mol. The highest BCUT2D eigenvalue weighted by molar-refractivity contribution is 5.39. The maximum Gasteiger partial charge on any atom is 0.0180 e. The predicted octanol–water partition coefficient (Wildman–Crippen LogP) is 5.00. The van der Waals surface area contributed by atoms with Gasteiger partial charge in [-0.1, -0.05) is 81.4 Å². The Morgan fingerprint density at radius 2 is 1.17 bits per heavy atom. The van der Waals surface area contributed by atoms with Crippen LogP contribution < -0.4 is 0 Å². The van der Waals surface area contributed by atoms with Crippen molar-refractivity contribution in [2.75, 3.05) is 0 Å². The van der Waals surface area contributed by atoms with E-state index in [1.165, 1.54) is 17.0 Å². The fraction of sp³-hybridized carbons (Fsp3) is 0.278. The average molecular weight is 237 g/mol. The molecule has 93 valence electrons. The number of hydrogen-bond donors (Lipinski definition) is 0. The molecule has 2 aromatic rings. The third kappa shape index (κ3) is 2.64. The van der Waals surface area contributed by atoms with E-state index in [1.54, 1.807) is 0 Å². The van der Waals surface area contributed by atoms with E-state index in [9.17, 15) is 0 Å². The Morgan fingerprint density at radius 1 is 0.778 bits per heavy atom. The summed E-state index contributed by atoms with van der Waals surface area (Å²) in [6, 6.07) is 21.6. The summed E-state index contributed by atoms with van der Waals surface area (Å²) in [4.78, 5) is 0. The van der Waals surface area contributed by atoms with Crippen molar-refractivity contribution in [3.63, 3.8) is 0 Å². The van der Waals surface area contributed by atoms with Crippen LogP contribution in [0.5, 0.6) is 0 Å². The highest BCUT2D eigenvalue weighted by Gasteiger charge is 2.29. The summed E-state index contributed by atoms with van der Waals surface area (Å²) in [7, 11) is 0. The van der Waals surface area contributed by atoms with E-state index in [0.717, 1.165) is 6.42 Å². The quantitative estimate of drug-likeness (QED) is 0.702. The third-order valence-electron chi connectivity index (χ3n) is 3.53. The van der Waals surface area contributed by atoms with Gasteiger partial charge >= 0.3 is 0 Å². The van der Waals surface area contributed by atoms with Gasteiger partial charge in [0.15, 0.2) is 0 Å². The normalized spacial score (nSPS) is 11.8. The van der Waals surface area contributed by atoms with E-state index in [-0.39, 0.29) is 5.41 Å². The van der Waals surface area contributed by atoms with Crippen LogP contribution in [0, 0.1) is 5.92 Å². The third-order valence-corrected chi connectivity index (χ3v) is 3.53. The minimum absolute atomic E-state index is 0.0708. The monoisotopic (exact) mass is 237 g/mol. The van der Waals surface area contributed by atoms with E-state index < -0.39 is 0 Å². The van der Waals surface area contributed by atoms with Gasteiger partial charge in [0.1, 0.15) is 0 Å². The van der Waals surface area contributed by atoms with Crippen molar-refractivity contribution in [3.05, 3.63) is 77.7 Å². The van der Waals surface area contributed by atoms with Crippen LogP contribution >= 0.6 is 0 Å². The Morgan fingerprint density at radius 3 is 1.50 bits per heavy atom.